The lowest BCUT2D eigenvalue weighted by molar-refractivity contribution is -0.151. The lowest BCUT2D eigenvalue weighted by atomic mass is 9.95. The fraction of sp³-hybridized carbons (Fsp3) is 0.320. The standard InChI is InChI=1S/C25H28O3S2/c1-17-8-6-9-18(2)24(17)20-11-7-10-19(14-20)15-27-22-12-13-23(30-22)29-16-21(26)28-25(3,4)5/h6-14H,15-16H2,1-5H3. The molecular formula is C25H28O3S2. The van der Waals surface area contributed by atoms with Gasteiger partial charge in [-0.05, 0) is 80.6 Å². The van der Waals surface area contributed by atoms with Gasteiger partial charge in [0.2, 0.25) is 0 Å². The summed E-state index contributed by atoms with van der Waals surface area (Å²) < 4.78 is 12.4. The van der Waals surface area contributed by atoms with E-state index in [1.165, 1.54) is 34.0 Å². The topological polar surface area (TPSA) is 35.5 Å². The van der Waals surface area contributed by atoms with E-state index >= 15 is 0 Å². The van der Waals surface area contributed by atoms with Crippen LogP contribution >= 0.6 is 23.1 Å². The van der Waals surface area contributed by atoms with Crippen LogP contribution in [-0.2, 0) is 16.1 Å². The van der Waals surface area contributed by atoms with E-state index in [4.69, 9.17) is 9.47 Å². The maximum absolute atomic E-state index is 11.9. The van der Waals surface area contributed by atoms with Gasteiger partial charge in [-0.1, -0.05) is 47.7 Å². The molecule has 0 aliphatic carbocycles. The van der Waals surface area contributed by atoms with Crippen molar-refractivity contribution in [3.63, 3.8) is 0 Å². The van der Waals surface area contributed by atoms with Gasteiger partial charge in [-0.2, -0.15) is 0 Å². The smallest absolute Gasteiger partial charge is 0.316 e. The van der Waals surface area contributed by atoms with Crippen LogP contribution in [0.25, 0.3) is 11.1 Å². The van der Waals surface area contributed by atoms with E-state index in [1.807, 2.05) is 32.9 Å². The predicted molar refractivity (Wildman–Crippen MR) is 127 cm³/mol. The zero-order valence-electron chi connectivity index (χ0n) is 18.2. The van der Waals surface area contributed by atoms with Gasteiger partial charge in [0.15, 0.2) is 5.06 Å². The van der Waals surface area contributed by atoms with Crippen molar-refractivity contribution in [2.75, 3.05) is 5.75 Å². The summed E-state index contributed by atoms with van der Waals surface area (Å²) in [6.07, 6.45) is 0. The first kappa shape index (κ1) is 22.4. The zero-order chi connectivity index (χ0) is 21.7. The van der Waals surface area contributed by atoms with Gasteiger partial charge in [-0.15, -0.1) is 11.8 Å². The van der Waals surface area contributed by atoms with Crippen LogP contribution in [0.5, 0.6) is 5.06 Å². The van der Waals surface area contributed by atoms with Gasteiger partial charge >= 0.3 is 5.97 Å². The Hall–Kier alpha value is -2.24. The molecule has 1 heterocycles. The molecule has 3 aromatic rings. The lowest BCUT2D eigenvalue weighted by Gasteiger charge is -2.19. The highest BCUT2D eigenvalue weighted by Crippen LogP contribution is 2.33. The molecule has 1 aromatic heterocycles. The first-order valence-electron chi connectivity index (χ1n) is 9.94. The minimum absolute atomic E-state index is 0.202. The Morgan fingerprint density at radius 3 is 2.40 bits per heavy atom. The molecule has 0 bridgehead atoms. The van der Waals surface area contributed by atoms with E-state index in [0.29, 0.717) is 12.4 Å². The number of thiophene rings is 1. The lowest BCUT2D eigenvalue weighted by Crippen LogP contribution is -2.24. The van der Waals surface area contributed by atoms with Gasteiger partial charge in [0.05, 0.1) is 9.96 Å². The van der Waals surface area contributed by atoms with Crippen LogP contribution in [0, 0.1) is 13.8 Å². The summed E-state index contributed by atoms with van der Waals surface area (Å²) in [5.41, 5.74) is 5.73. The van der Waals surface area contributed by atoms with E-state index in [9.17, 15) is 4.79 Å². The normalized spacial score (nSPS) is 11.4. The quantitative estimate of drug-likeness (QED) is 0.291. The highest BCUT2D eigenvalue weighted by atomic mass is 32.2. The zero-order valence-corrected chi connectivity index (χ0v) is 19.8. The Bertz CT molecular complexity index is 995. The number of benzene rings is 2. The molecule has 2 aromatic carbocycles. The van der Waals surface area contributed by atoms with Crippen molar-refractivity contribution in [1.29, 1.82) is 0 Å². The molecule has 0 atom stereocenters. The molecule has 158 valence electrons. The SMILES string of the molecule is Cc1cccc(C)c1-c1cccc(COc2ccc(SCC(=O)OC(C)(C)C)s2)c1. The van der Waals surface area contributed by atoms with Crippen molar-refractivity contribution in [2.45, 2.75) is 51.0 Å². The molecule has 0 amide bonds. The average molecular weight is 441 g/mol. The maximum Gasteiger partial charge on any atom is 0.316 e. The molecular weight excluding hydrogens is 412 g/mol. The highest BCUT2D eigenvalue weighted by Gasteiger charge is 2.16. The summed E-state index contributed by atoms with van der Waals surface area (Å²) in [5.74, 6) is 0.0985. The Morgan fingerprint density at radius 2 is 1.70 bits per heavy atom. The molecule has 0 fully saturated rings. The van der Waals surface area contributed by atoms with Crippen molar-refractivity contribution in [1.82, 2.24) is 0 Å². The third-order valence-corrected chi connectivity index (χ3v) is 6.58. The van der Waals surface area contributed by atoms with Crippen LogP contribution in [-0.4, -0.2) is 17.3 Å². The summed E-state index contributed by atoms with van der Waals surface area (Å²) in [7, 11) is 0. The van der Waals surface area contributed by atoms with E-state index in [1.54, 1.807) is 11.3 Å². The average Bonchev–Trinajstić information content (AvgIpc) is 3.12. The Kier molecular flexibility index (Phi) is 7.27. The number of carbonyl (C=O) groups excluding carboxylic acids is 1. The van der Waals surface area contributed by atoms with Gasteiger partial charge in [-0.25, -0.2) is 0 Å². The number of hydrogen-bond donors (Lipinski definition) is 0. The van der Waals surface area contributed by atoms with Crippen molar-refractivity contribution in [3.05, 3.63) is 71.3 Å². The molecule has 3 rings (SSSR count). The summed E-state index contributed by atoms with van der Waals surface area (Å²) in [4.78, 5) is 11.9. The van der Waals surface area contributed by atoms with E-state index in [0.717, 1.165) is 14.8 Å². The monoisotopic (exact) mass is 440 g/mol. The van der Waals surface area contributed by atoms with E-state index in [2.05, 4.69) is 56.3 Å². The molecule has 0 unspecified atom stereocenters. The van der Waals surface area contributed by atoms with Gasteiger partial charge in [0.1, 0.15) is 12.2 Å². The number of hydrogen-bond acceptors (Lipinski definition) is 5. The van der Waals surface area contributed by atoms with Crippen LogP contribution in [0.15, 0.2) is 58.8 Å². The summed E-state index contributed by atoms with van der Waals surface area (Å²) in [5, 5.41) is 0.846. The van der Waals surface area contributed by atoms with Crippen LogP contribution in [0.2, 0.25) is 0 Å². The van der Waals surface area contributed by atoms with Crippen LogP contribution in [0.3, 0.4) is 0 Å². The minimum atomic E-state index is -0.452. The molecule has 3 nitrogen and oxygen atoms in total. The summed E-state index contributed by atoms with van der Waals surface area (Å²) in [6, 6.07) is 18.8. The van der Waals surface area contributed by atoms with Gasteiger partial charge < -0.3 is 9.47 Å². The predicted octanol–water partition coefficient (Wildman–Crippen LogP) is 7.04. The second kappa shape index (κ2) is 9.71. The molecule has 0 aliphatic heterocycles. The molecule has 0 radical (unpaired) electrons. The largest absolute Gasteiger partial charge is 0.479 e. The number of aryl methyl sites for hydroxylation is 2. The second-order valence-corrected chi connectivity index (χ2v) is 10.5. The number of carbonyl (C=O) groups is 1. The van der Waals surface area contributed by atoms with Crippen molar-refractivity contribution in [3.8, 4) is 16.2 Å². The molecule has 0 spiro atoms. The molecule has 0 saturated heterocycles. The van der Waals surface area contributed by atoms with Crippen molar-refractivity contribution < 1.29 is 14.3 Å². The van der Waals surface area contributed by atoms with Crippen LogP contribution in [0.1, 0.15) is 37.5 Å². The first-order valence-corrected chi connectivity index (χ1v) is 11.7. The van der Waals surface area contributed by atoms with E-state index in [-0.39, 0.29) is 5.97 Å². The Morgan fingerprint density at radius 1 is 1.00 bits per heavy atom. The molecule has 0 aliphatic rings. The van der Waals surface area contributed by atoms with Crippen LogP contribution < -0.4 is 4.74 Å². The molecule has 30 heavy (non-hydrogen) atoms. The third kappa shape index (κ3) is 6.38. The number of rotatable bonds is 7. The molecule has 5 heteroatoms. The van der Waals surface area contributed by atoms with E-state index < -0.39 is 5.60 Å². The fourth-order valence-corrected chi connectivity index (χ4v) is 4.93. The number of thioether (sulfide) groups is 1. The summed E-state index contributed by atoms with van der Waals surface area (Å²) in [6.45, 7) is 10.4. The number of esters is 1. The highest BCUT2D eigenvalue weighted by molar-refractivity contribution is 8.01. The van der Waals surface area contributed by atoms with Gasteiger partial charge in [0, 0.05) is 0 Å². The first-order chi connectivity index (χ1) is 14.2. The summed E-state index contributed by atoms with van der Waals surface area (Å²) >= 11 is 3.03. The Balaban J connectivity index is 1.59. The third-order valence-electron chi connectivity index (χ3n) is 4.39. The van der Waals surface area contributed by atoms with Gasteiger partial charge in [0.25, 0.3) is 0 Å². The molecule has 0 N–H and O–H groups in total. The minimum Gasteiger partial charge on any atom is -0.479 e. The second-order valence-electron chi connectivity index (χ2n) is 8.20. The van der Waals surface area contributed by atoms with Crippen molar-refractivity contribution >= 4 is 29.1 Å². The van der Waals surface area contributed by atoms with Crippen LogP contribution in [0.4, 0.5) is 0 Å². The fourth-order valence-electron chi connectivity index (χ4n) is 3.20. The Labute approximate surface area is 187 Å². The van der Waals surface area contributed by atoms with Gasteiger partial charge in [-0.3, -0.25) is 4.79 Å². The van der Waals surface area contributed by atoms with Crippen molar-refractivity contribution in [2.24, 2.45) is 0 Å². The molecule has 0 saturated carbocycles. The number of ether oxygens (including phenoxy) is 2. The maximum atomic E-state index is 11.9.